The van der Waals surface area contributed by atoms with Gasteiger partial charge < -0.3 is 19.5 Å². The number of ether oxygens (including phenoxy) is 2. The third kappa shape index (κ3) is 2.72. The first-order valence-electron chi connectivity index (χ1n) is 6.76. The molecule has 1 saturated heterocycles. The first-order chi connectivity index (χ1) is 9.58. The van der Waals surface area contributed by atoms with Crippen molar-refractivity contribution in [2.24, 2.45) is 5.92 Å². The maximum Gasteiger partial charge on any atom is 0.261 e. The number of amides is 1. The zero-order chi connectivity index (χ0) is 14.7. The number of rotatable bonds is 4. The summed E-state index contributed by atoms with van der Waals surface area (Å²) in [6.07, 6.45) is 0.424. The maximum atomic E-state index is 12.7. The van der Waals surface area contributed by atoms with Crippen molar-refractivity contribution in [3.63, 3.8) is 0 Å². The number of aliphatic hydroxyl groups is 1. The normalized spacial score (nSPS) is 19.8. The first kappa shape index (κ1) is 14.7. The van der Waals surface area contributed by atoms with Crippen LogP contribution in [0.2, 0.25) is 0 Å². The second kappa shape index (κ2) is 6.13. The van der Waals surface area contributed by atoms with Crippen molar-refractivity contribution in [3.8, 4) is 11.5 Å². The lowest BCUT2D eigenvalue weighted by Gasteiger charge is -2.20. The molecule has 0 bridgehead atoms. The van der Waals surface area contributed by atoms with Crippen molar-refractivity contribution >= 4 is 5.91 Å². The van der Waals surface area contributed by atoms with Crippen molar-refractivity contribution in [3.05, 3.63) is 23.8 Å². The summed E-state index contributed by atoms with van der Waals surface area (Å²) in [5, 5.41) is 9.64. The Hall–Kier alpha value is -1.75. The summed E-state index contributed by atoms with van der Waals surface area (Å²) in [6.45, 7) is 2.98. The number of carbonyl (C=O) groups is 1. The van der Waals surface area contributed by atoms with E-state index >= 15 is 0 Å². The Kier molecular flexibility index (Phi) is 4.49. The minimum Gasteiger partial charge on any atom is -0.496 e. The summed E-state index contributed by atoms with van der Waals surface area (Å²) < 4.78 is 10.5. The molecule has 1 aliphatic rings. The van der Waals surface area contributed by atoms with Gasteiger partial charge in [0.1, 0.15) is 17.1 Å². The van der Waals surface area contributed by atoms with E-state index in [1.165, 1.54) is 14.2 Å². The van der Waals surface area contributed by atoms with E-state index < -0.39 is 6.10 Å². The minimum absolute atomic E-state index is 0.109. The van der Waals surface area contributed by atoms with Crippen LogP contribution in [0, 0.1) is 5.92 Å². The summed E-state index contributed by atoms with van der Waals surface area (Å²) in [7, 11) is 3.07. The lowest BCUT2D eigenvalue weighted by Crippen LogP contribution is -2.31. The monoisotopic (exact) mass is 279 g/mol. The van der Waals surface area contributed by atoms with E-state index in [1.54, 1.807) is 30.0 Å². The highest BCUT2D eigenvalue weighted by Gasteiger charge is 2.32. The summed E-state index contributed by atoms with van der Waals surface area (Å²) in [5.74, 6) is 1.05. The second-order valence-electron chi connectivity index (χ2n) is 5.08. The van der Waals surface area contributed by atoms with Crippen LogP contribution in [-0.2, 0) is 0 Å². The summed E-state index contributed by atoms with van der Waals surface area (Å²) in [5.41, 5.74) is 0.448. The minimum atomic E-state index is -0.396. The molecule has 1 aromatic carbocycles. The highest BCUT2D eigenvalue weighted by molar-refractivity contribution is 5.99. The number of likely N-dealkylation sites (tertiary alicyclic amines) is 1. The quantitative estimate of drug-likeness (QED) is 0.908. The maximum absolute atomic E-state index is 12.7. The Bertz CT molecular complexity index is 465. The number of carbonyl (C=O) groups excluding carboxylic acids is 1. The Labute approximate surface area is 119 Å². The van der Waals surface area contributed by atoms with Gasteiger partial charge in [-0.25, -0.2) is 0 Å². The molecule has 0 saturated carbocycles. The summed E-state index contributed by atoms with van der Waals surface area (Å²) in [4.78, 5) is 14.4. The molecule has 2 rings (SSSR count). The van der Waals surface area contributed by atoms with Crippen molar-refractivity contribution in [2.45, 2.75) is 19.4 Å². The van der Waals surface area contributed by atoms with E-state index in [1.807, 2.05) is 0 Å². The van der Waals surface area contributed by atoms with Crippen molar-refractivity contribution in [1.29, 1.82) is 0 Å². The van der Waals surface area contributed by atoms with Gasteiger partial charge in [-0.2, -0.15) is 0 Å². The van der Waals surface area contributed by atoms with Crippen LogP contribution in [0.4, 0.5) is 0 Å². The zero-order valence-corrected chi connectivity index (χ0v) is 12.1. The molecule has 1 heterocycles. The molecule has 20 heavy (non-hydrogen) atoms. The van der Waals surface area contributed by atoms with Gasteiger partial charge in [0.05, 0.1) is 20.3 Å². The highest BCUT2D eigenvalue weighted by Crippen LogP contribution is 2.31. The van der Waals surface area contributed by atoms with Gasteiger partial charge in [0.2, 0.25) is 0 Å². The average molecular weight is 279 g/mol. The van der Waals surface area contributed by atoms with E-state index in [4.69, 9.17) is 9.47 Å². The number of hydrogen-bond donors (Lipinski definition) is 1. The van der Waals surface area contributed by atoms with Crippen LogP contribution < -0.4 is 9.47 Å². The van der Waals surface area contributed by atoms with Gasteiger partial charge in [0, 0.05) is 19.0 Å². The number of benzene rings is 1. The molecule has 0 aliphatic carbocycles. The number of nitrogens with zero attached hydrogens (tertiary/aromatic N) is 1. The molecular weight excluding hydrogens is 258 g/mol. The van der Waals surface area contributed by atoms with Gasteiger partial charge >= 0.3 is 0 Å². The third-order valence-corrected chi connectivity index (χ3v) is 3.84. The molecule has 1 aromatic rings. The van der Waals surface area contributed by atoms with E-state index in [9.17, 15) is 9.90 Å². The van der Waals surface area contributed by atoms with Crippen LogP contribution in [0.3, 0.4) is 0 Å². The fourth-order valence-electron chi connectivity index (χ4n) is 2.59. The van der Waals surface area contributed by atoms with Crippen LogP contribution >= 0.6 is 0 Å². The largest absolute Gasteiger partial charge is 0.496 e. The van der Waals surface area contributed by atoms with Gasteiger partial charge in [-0.05, 0) is 25.5 Å². The van der Waals surface area contributed by atoms with Gasteiger partial charge in [0.15, 0.2) is 0 Å². The van der Waals surface area contributed by atoms with Crippen molar-refractivity contribution in [1.82, 2.24) is 4.90 Å². The van der Waals surface area contributed by atoms with Gasteiger partial charge in [0.25, 0.3) is 5.91 Å². The van der Waals surface area contributed by atoms with Crippen LogP contribution in [0.25, 0.3) is 0 Å². The standard InChI is InChI=1S/C15H21NO4/c1-10(17)11-7-8-16(9-11)15(18)14-12(19-2)5-4-6-13(14)20-3/h4-6,10-11,17H,7-9H2,1-3H3. The van der Waals surface area contributed by atoms with Gasteiger partial charge in [-0.15, -0.1) is 0 Å². The highest BCUT2D eigenvalue weighted by atomic mass is 16.5. The summed E-state index contributed by atoms with van der Waals surface area (Å²) >= 11 is 0. The number of hydrogen-bond acceptors (Lipinski definition) is 4. The average Bonchev–Trinajstić information content (AvgIpc) is 2.95. The molecule has 0 aromatic heterocycles. The van der Waals surface area contributed by atoms with Gasteiger partial charge in [-0.3, -0.25) is 4.79 Å². The van der Waals surface area contributed by atoms with E-state index in [2.05, 4.69) is 0 Å². The fraction of sp³-hybridized carbons (Fsp3) is 0.533. The lowest BCUT2D eigenvalue weighted by atomic mass is 10.0. The molecule has 110 valence electrons. The van der Waals surface area contributed by atoms with Crippen LogP contribution in [-0.4, -0.2) is 49.3 Å². The smallest absolute Gasteiger partial charge is 0.261 e. The topological polar surface area (TPSA) is 59.0 Å². The fourth-order valence-corrected chi connectivity index (χ4v) is 2.59. The SMILES string of the molecule is COc1cccc(OC)c1C(=O)N1CCC(C(C)O)C1. The molecule has 1 N–H and O–H groups in total. The molecule has 2 unspecified atom stereocenters. The molecule has 1 fully saturated rings. The lowest BCUT2D eigenvalue weighted by molar-refractivity contribution is 0.0756. The van der Waals surface area contributed by atoms with Gasteiger partial charge in [-0.1, -0.05) is 6.07 Å². The Morgan fingerprint density at radius 2 is 1.95 bits per heavy atom. The van der Waals surface area contributed by atoms with E-state index in [0.29, 0.717) is 30.2 Å². The summed E-state index contributed by atoms with van der Waals surface area (Å²) in [6, 6.07) is 5.28. The molecule has 0 spiro atoms. The van der Waals surface area contributed by atoms with Crippen LogP contribution in [0.1, 0.15) is 23.7 Å². The Morgan fingerprint density at radius 1 is 1.35 bits per heavy atom. The van der Waals surface area contributed by atoms with Crippen LogP contribution in [0.5, 0.6) is 11.5 Å². The first-order valence-corrected chi connectivity index (χ1v) is 6.76. The second-order valence-corrected chi connectivity index (χ2v) is 5.08. The Balaban J connectivity index is 2.26. The Morgan fingerprint density at radius 3 is 2.40 bits per heavy atom. The molecular formula is C15H21NO4. The zero-order valence-electron chi connectivity index (χ0n) is 12.1. The third-order valence-electron chi connectivity index (χ3n) is 3.84. The number of aliphatic hydroxyl groups excluding tert-OH is 1. The molecule has 5 heteroatoms. The molecule has 5 nitrogen and oxygen atoms in total. The van der Waals surface area contributed by atoms with Crippen molar-refractivity contribution in [2.75, 3.05) is 27.3 Å². The molecule has 1 aliphatic heterocycles. The molecule has 0 radical (unpaired) electrons. The van der Waals surface area contributed by atoms with E-state index in [-0.39, 0.29) is 11.8 Å². The van der Waals surface area contributed by atoms with E-state index in [0.717, 1.165) is 6.42 Å². The molecule has 2 atom stereocenters. The molecule has 1 amide bonds. The predicted octanol–water partition coefficient (Wildman–Crippen LogP) is 1.55. The van der Waals surface area contributed by atoms with Crippen LogP contribution in [0.15, 0.2) is 18.2 Å². The van der Waals surface area contributed by atoms with Crippen molar-refractivity contribution < 1.29 is 19.4 Å². The predicted molar refractivity (Wildman–Crippen MR) is 75.2 cm³/mol. The number of methoxy groups -OCH3 is 2.